The Morgan fingerprint density at radius 1 is 1.38 bits per heavy atom. The van der Waals surface area contributed by atoms with Crippen LogP contribution in [0.25, 0.3) is 11.0 Å². The average Bonchev–Trinajstić information content (AvgIpc) is 3.05. The fraction of sp³-hybridized carbons (Fsp3) is 0.333. The van der Waals surface area contributed by atoms with E-state index in [9.17, 15) is 0 Å². The third-order valence-electron chi connectivity index (χ3n) is 3.20. The van der Waals surface area contributed by atoms with Gasteiger partial charge in [-0.2, -0.15) is 0 Å². The molecule has 2 aromatic heterocycles. The van der Waals surface area contributed by atoms with Crippen molar-refractivity contribution in [1.29, 1.82) is 0 Å². The Morgan fingerprint density at radius 2 is 2.24 bits per heavy atom. The van der Waals surface area contributed by atoms with E-state index in [-0.39, 0.29) is 0 Å². The summed E-state index contributed by atoms with van der Waals surface area (Å²) in [5.74, 6) is 2.01. The normalized spacial score (nSPS) is 11.2. The quantitative estimate of drug-likeness (QED) is 0.667. The molecule has 0 bridgehead atoms. The Kier molecular flexibility index (Phi) is 4.12. The Labute approximate surface area is 132 Å². The number of imidazole rings is 1. The number of fused-ring (bicyclic) bond motifs is 1. The van der Waals surface area contributed by atoms with E-state index >= 15 is 0 Å². The fourth-order valence-electron chi connectivity index (χ4n) is 2.33. The SMILES string of the molecule is CCOc1cccc2c1nc(CCl)n2Cc1ncc(C)s1. The van der Waals surface area contributed by atoms with Gasteiger partial charge in [0.2, 0.25) is 0 Å². The molecule has 0 spiro atoms. The Balaban J connectivity index is 2.09. The molecule has 21 heavy (non-hydrogen) atoms. The monoisotopic (exact) mass is 321 g/mol. The standard InChI is InChI=1S/C15H16ClN3OS/c1-3-20-12-6-4-5-11-15(12)18-13(7-16)19(11)9-14-17-8-10(2)21-14/h4-6,8H,3,7,9H2,1-2H3. The summed E-state index contributed by atoms with van der Waals surface area (Å²) in [4.78, 5) is 10.3. The maximum Gasteiger partial charge on any atom is 0.147 e. The lowest BCUT2D eigenvalue weighted by Gasteiger charge is -2.06. The number of rotatable bonds is 5. The van der Waals surface area contributed by atoms with Crippen LogP contribution in [0.4, 0.5) is 0 Å². The maximum atomic E-state index is 6.06. The second kappa shape index (κ2) is 6.03. The molecule has 3 aromatic rings. The van der Waals surface area contributed by atoms with Crippen molar-refractivity contribution in [2.24, 2.45) is 0 Å². The van der Waals surface area contributed by atoms with Crippen LogP contribution >= 0.6 is 22.9 Å². The van der Waals surface area contributed by atoms with Gasteiger partial charge in [0.05, 0.1) is 24.5 Å². The van der Waals surface area contributed by atoms with Crippen LogP contribution in [0.1, 0.15) is 22.6 Å². The van der Waals surface area contributed by atoms with Crippen LogP contribution in [-0.4, -0.2) is 21.1 Å². The summed E-state index contributed by atoms with van der Waals surface area (Å²) in [6, 6.07) is 5.96. The molecule has 0 radical (unpaired) electrons. The van der Waals surface area contributed by atoms with Gasteiger partial charge in [0, 0.05) is 11.1 Å². The average molecular weight is 322 g/mol. The number of halogens is 1. The molecule has 0 saturated carbocycles. The molecular weight excluding hydrogens is 306 g/mol. The Bertz CT molecular complexity index is 765. The number of nitrogens with zero attached hydrogens (tertiary/aromatic N) is 3. The minimum absolute atomic E-state index is 0.366. The van der Waals surface area contributed by atoms with Gasteiger partial charge in [-0.3, -0.25) is 0 Å². The zero-order chi connectivity index (χ0) is 14.8. The van der Waals surface area contributed by atoms with E-state index in [0.717, 1.165) is 27.6 Å². The zero-order valence-electron chi connectivity index (χ0n) is 12.0. The molecular formula is C15H16ClN3OS. The predicted molar refractivity (Wildman–Crippen MR) is 86.4 cm³/mol. The van der Waals surface area contributed by atoms with Gasteiger partial charge in [0.25, 0.3) is 0 Å². The van der Waals surface area contributed by atoms with Crippen molar-refractivity contribution in [2.75, 3.05) is 6.61 Å². The molecule has 0 aliphatic rings. The van der Waals surface area contributed by atoms with Gasteiger partial charge >= 0.3 is 0 Å². The maximum absolute atomic E-state index is 6.06. The molecule has 0 unspecified atom stereocenters. The molecule has 0 N–H and O–H groups in total. The van der Waals surface area contributed by atoms with Crippen molar-refractivity contribution < 1.29 is 4.74 Å². The van der Waals surface area contributed by atoms with Crippen LogP contribution in [0.3, 0.4) is 0 Å². The highest BCUT2D eigenvalue weighted by atomic mass is 35.5. The van der Waals surface area contributed by atoms with Crippen LogP contribution in [0.5, 0.6) is 5.75 Å². The van der Waals surface area contributed by atoms with Gasteiger partial charge < -0.3 is 9.30 Å². The van der Waals surface area contributed by atoms with Gasteiger partial charge in [0.1, 0.15) is 22.1 Å². The van der Waals surface area contributed by atoms with Crippen molar-refractivity contribution >= 4 is 34.0 Å². The number of para-hydroxylation sites is 1. The lowest BCUT2D eigenvalue weighted by Crippen LogP contribution is -2.03. The number of benzene rings is 1. The number of hydrogen-bond donors (Lipinski definition) is 0. The summed E-state index contributed by atoms with van der Waals surface area (Å²) >= 11 is 7.76. The summed E-state index contributed by atoms with van der Waals surface area (Å²) in [6.07, 6.45) is 1.89. The van der Waals surface area contributed by atoms with E-state index in [4.69, 9.17) is 16.3 Å². The minimum atomic E-state index is 0.366. The van der Waals surface area contributed by atoms with Crippen molar-refractivity contribution in [3.8, 4) is 5.75 Å². The molecule has 110 valence electrons. The second-order valence-corrected chi connectivity index (χ2v) is 6.26. The molecule has 0 atom stereocenters. The van der Waals surface area contributed by atoms with Gasteiger partial charge in [-0.25, -0.2) is 9.97 Å². The first kappa shape index (κ1) is 14.4. The summed E-state index contributed by atoms with van der Waals surface area (Å²) in [5.41, 5.74) is 1.90. The highest BCUT2D eigenvalue weighted by Crippen LogP contribution is 2.28. The molecule has 4 nitrogen and oxygen atoms in total. The predicted octanol–water partition coefficient (Wildman–Crippen LogP) is 3.99. The first-order valence-corrected chi connectivity index (χ1v) is 8.16. The molecule has 0 aliphatic carbocycles. The van der Waals surface area contributed by atoms with Crippen LogP contribution in [0.15, 0.2) is 24.4 Å². The third kappa shape index (κ3) is 2.76. The summed E-state index contributed by atoms with van der Waals surface area (Å²) in [5, 5.41) is 1.06. The number of thiazole rings is 1. The van der Waals surface area contributed by atoms with Crippen molar-refractivity contribution in [3.05, 3.63) is 40.1 Å². The number of alkyl halides is 1. The molecule has 0 fully saturated rings. The largest absolute Gasteiger partial charge is 0.492 e. The number of aromatic nitrogens is 3. The van der Waals surface area contributed by atoms with Crippen LogP contribution in [0.2, 0.25) is 0 Å². The molecule has 0 aliphatic heterocycles. The molecule has 1 aromatic carbocycles. The van der Waals surface area contributed by atoms with Crippen LogP contribution in [-0.2, 0) is 12.4 Å². The van der Waals surface area contributed by atoms with Crippen molar-refractivity contribution in [1.82, 2.24) is 14.5 Å². The third-order valence-corrected chi connectivity index (χ3v) is 4.34. The summed E-state index contributed by atoms with van der Waals surface area (Å²) in [6.45, 7) is 5.33. The number of hydrogen-bond acceptors (Lipinski definition) is 4. The summed E-state index contributed by atoms with van der Waals surface area (Å²) < 4.78 is 7.77. The van der Waals surface area contributed by atoms with Crippen LogP contribution < -0.4 is 4.74 Å². The molecule has 2 heterocycles. The number of aryl methyl sites for hydroxylation is 1. The highest BCUT2D eigenvalue weighted by molar-refractivity contribution is 7.11. The van der Waals surface area contributed by atoms with E-state index < -0.39 is 0 Å². The van der Waals surface area contributed by atoms with E-state index in [1.807, 2.05) is 31.3 Å². The highest BCUT2D eigenvalue weighted by Gasteiger charge is 2.14. The Morgan fingerprint density at radius 3 is 2.90 bits per heavy atom. The smallest absolute Gasteiger partial charge is 0.147 e. The Hall–Kier alpha value is -1.59. The van der Waals surface area contributed by atoms with E-state index in [1.165, 1.54) is 4.88 Å². The van der Waals surface area contributed by atoms with Crippen molar-refractivity contribution in [3.63, 3.8) is 0 Å². The summed E-state index contributed by atoms with van der Waals surface area (Å²) in [7, 11) is 0. The first-order valence-electron chi connectivity index (χ1n) is 6.81. The van der Waals surface area contributed by atoms with E-state index in [2.05, 4.69) is 21.5 Å². The zero-order valence-corrected chi connectivity index (χ0v) is 13.5. The van der Waals surface area contributed by atoms with Gasteiger partial charge in [-0.1, -0.05) is 6.07 Å². The van der Waals surface area contributed by atoms with Crippen LogP contribution in [0, 0.1) is 6.92 Å². The lowest BCUT2D eigenvalue weighted by molar-refractivity contribution is 0.343. The van der Waals surface area contributed by atoms with Gasteiger partial charge in [0.15, 0.2) is 0 Å². The molecule has 6 heteroatoms. The lowest BCUT2D eigenvalue weighted by atomic mass is 10.3. The second-order valence-electron chi connectivity index (χ2n) is 4.67. The van der Waals surface area contributed by atoms with E-state index in [1.54, 1.807) is 11.3 Å². The number of ether oxygens (including phenoxy) is 1. The van der Waals surface area contributed by atoms with Crippen molar-refractivity contribution in [2.45, 2.75) is 26.3 Å². The van der Waals surface area contributed by atoms with Gasteiger partial charge in [-0.05, 0) is 26.0 Å². The van der Waals surface area contributed by atoms with Gasteiger partial charge in [-0.15, -0.1) is 22.9 Å². The molecule has 0 amide bonds. The van der Waals surface area contributed by atoms with E-state index in [0.29, 0.717) is 19.0 Å². The fourth-order valence-corrected chi connectivity index (χ4v) is 3.31. The topological polar surface area (TPSA) is 39.9 Å². The molecule has 3 rings (SSSR count). The first-order chi connectivity index (χ1) is 10.2. The minimum Gasteiger partial charge on any atom is -0.492 e. The molecule has 0 saturated heterocycles.